The van der Waals surface area contributed by atoms with Crippen molar-refractivity contribution in [1.82, 2.24) is 10.6 Å². The Labute approximate surface area is 104 Å². The van der Waals surface area contributed by atoms with Crippen LogP contribution in [0.1, 0.15) is 20.8 Å². The number of Topliss-reactive ketones (excluding diaryl/α,β-unsaturated/α-hetero) is 1. The van der Waals surface area contributed by atoms with Crippen molar-refractivity contribution in [3.05, 3.63) is 0 Å². The maximum Gasteiger partial charge on any atom is 0.396 e. The number of carbonyl (C=O) groups excluding carboxylic acids is 1. The van der Waals surface area contributed by atoms with Gasteiger partial charge in [0.1, 0.15) is 18.3 Å². The lowest BCUT2D eigenvalue weighted by molar-refractivity contribution is -0.216. The highest BCUT2D eigenvalue weighted by Crippen LogP contribution is 2.31. The van der Waals surface area contributed by atoms with Crippen LogP contribution in [-0.2, 0) is 9.53 Å². The highest BCUT2D eigenvalue weighted by Gasteiger charge is 2.49. The van der Waals surface area contributed by atoms with E-state index in [0.29, 0.717) is 0 Å². The summed E-state index contributed by atoms with van der Waals surface area (Å²) in [5, 5.41) is 5.15. The van der Waals surface area contributed by atoms with E-state index in [0.717, 1.165) is 0 Å². The van der Waals surface area contributed by atoms with Crippen molar-refractivity contribution < 1.29 is 22.7 Å². The standard InChI is InChI=1S/C11H19F3N2O2/c1-10(2,3)7(17)8-15-5-6(11(12,13)14)9(16-8)18-4/h6,8-9,15-16H,5H2,1-4H3. The molecule has 1 aliphatic rings. The molecule has 0 spiro atoms. The first-order valence-electron chi connectivity index (χ1n) is 5.70. The molecule has 1 fully saturated rings. The van der Waals surface area contributed by atoms with E-state index in [2.05, 4.69) is 10.6 Å². The van der Waals surface area contributed by atoms with Crippen molar-refractivity contribution in [2.24, 2.45) is 11.3 Å². The van der Waals surface area contributed by atoms with Gasteiger partial charge in [-0.05, 0) is 0 Å². The quantitative estimate of drug-likeness (QED) is 0.792. The molecule has 0 saturated carbocycles. The van der Waals surface area contributed by atoms with E-state index in [-0.39, 0.29) is 12.3 Å². The number of rotatable bonds is 2. The van der Waals surface area contributed by atoms with E-state index in [4.69, 9.17) is 4.74 Å². The Morgan fingerprint density at radius 1 is 1.28 bits per heavy atom. The Kier molecular flexibility index (Phi) is 4.40. The number of halogens is 3. The highest BCUT2D eigenvalue weighted by atomic mass is 19.4. The van der Waals surface area contributed by atoms with Crippen molar-refractivity contribution >= 4 is 5.78 Å². The normalized spacial score (nSPS) is 30.3. The summed E-state index contributed by atoms with van der Waals surface area (Å²) >= 11 is 0. The van der Waals surface area contributed by atoms with Crippen LogP contribution in [0.2, 0.25) is 0 Å². The zero-order valence-corrected chi connectivity index (χ0v) is 10.9. The molecule has 2 N–H and O–H groups in total. The topological polar surface area (TPSA) is 50.4 Å². The van der Waals surface area contributed by atoms with Gasteiger partial charge in [-0.2, -0.15) is 13.2 Å². The number of hydrogen-bond acceptors (Lipinski definition) is 4. The molecule has 7 heteroatoms. The van der Waals surface area contributed by atoms with Crippen molar-refractivity contribution in [2.75, 3.05) is 13.7 Å². The van der Waals surface area contributed by atoms with Crippen LogP contribution in [0, 0.1) is 11.3 Å². The number of hydrogen-bond donors (Lipinski definition) is 2. The van der Waals surface area contributed by atoms with Gasteiger partial charge in [-0.25, -0.2) is 0 Å². The third kappa shape index (κ3) is 3.43. The SMILES string of the molecule is COC1NC(C(=O)C(C)(C)C)NCC1C(F)(F)F. The smallest absolute Gasteiger partial charge is 0.366 e. The third-order valence-corrected chi connectivity index (χ3v) is 2.91. The molecule has 0 bridgehead atoms. The van der Waals surface area contributed by atoms with Gasteiger partial charge in [0.15, 0.2) is 5.78 Å². The first kappa shape index (κ1) is 15.4. The zero-order valence-electron chi connectivity index (χ0n) is 10.9. The molecule has 4 nitrogen and oxygen atoms in total. The summed E-state index contributed by atoms with van der Waals surface area (Å²) < 4.78 is 42.9. The van der Waals surface area contributed by atoms with E-state index in [1.807, 2.05) is 0 Å². The summed E-state index contributed by atoms with van der Waals surface area (Å²) in [7, 11) is 1.19. The Bertz CT molecular complexity index is 312. The van der Waals surface area contributed by atoms with E-state index in [1.165, 1.54) is 7.11 Å². The molecule has 106 valence electrons. The fourth-order valence-corrected chi connectivity index (χ4v) is 1.81. The Morgan fingerprint density at radius 3 is 2.22 bits per heavy atom. The minimum Gasteiger partial charge on any atom is -0.366 e. The largest absolute Gasteiger partial charge is 0.396 e. The van der Waals surface area contributed by atoms with Crippen molar-refractivity contribution in [2.45, 2.75) is 39.3 Å². The molecule has 0 aromatic carbocycles. The van der Waals surface area contributed by atoms with Gasteiger partial charge in [0.25, 0.3) is 0 Å². The van der Waals surface area contributed by atoms with Crippen LogP contribution in [0.4, 0.5) is 13.2 Å². The third-order valence-electron chi connectivity index (χ3n) is 2.91. The molecular formula is C11H19F3N2O2. The summed E-state index contributed by atoms with van der Waals surface area (Å²) in [5.41, 5.74) is -0.631. The number of alkyl halides is 3. The molecule has 3 atom stereocenters. The van der Waals surface area contributed by atoms with Crippen molar-refractivity contribution in [3.8, 4) is 0 Å². The molecule has 3 unspecified atom stereocenters. The Morgan fingerprint density at radius 2 is 1.83 bits per heavy atom. The number of methoxy groups -OCH3 is 1. The second-order valence-electron chi connectivity index (χ2n) is 5.43. The van der Waals surface area contributed by atoms with Crippen LogP contribution >= 0.6 is 0 Å². The number of ketones is 1. The summed E-state index contributed by atoms with van der Waals surface area (Å²) in [6.45, 7) is 4.82. The highest BCUT2D eigenvalue weighted by molar-refractivity contribution is 5.88. The predicted molar refractivity (Wildman–Crippen MR) is 59.7 cm³/mol. The molecule has 0 radical (unpaired) electrons. The lowest BCUT2D eigenvalue weighted by Gasteiger charge is -2.39. The lowest BCUT2D eigenvalue weighted by atomic mass is 9.87. The molecule has 1 rings (SSSR count). The van der Waals surface area contributed by atoms with Gasteiger partial charge in [-0.1, -0.05) is 20.8 Å². The van der Waals surface area contributed by atoms with Crippen LogP contribution < -0.4 is 10.6 Å². The van der Waals surface area contributed by atoms with Gasteiger partial charge in [0, 0.05) is 19.1 Å². The van der Waals surface area contributed by atoms with Crippen LogP contribution in [0.15, 0.2) is 0 Å². The summed E-state index contributed by atoms with van der Waals surface area (Å²) in [4.78, 5) is 12.0. The zero-order chi connectivity index (χ0) is 14.1. The first-order valence-corrected chi connectivity index (χ1v) is 5.70. The van der Waals surface area contributed by atoms with Gasteiger partial charge in [0.2, 0.25) is 0 Å². The van der Waals surface area contributed by atoms with E-state index < -0.39 is 29.9 Å². The van der Waals surface area contributed by atoms with Crippen LogP contribution in [0.25, 0.3) is 0 Å². The second kappa shape index (κ2) is 5.14. The average molecular weight is 268 g/mol. The molecule has 1 aliphatic heterocycles. The molecule has 1 saturated heterocycles. The van der Waals surface area contributed by atoms with Crippen LogP contribution in [0.5, 0.6) is 0 Å². The molecule has 1 heterocycles. The van der Waals surface area contributed by atoms with Crippen molar-refractivity contribution in [3.63, 3.8) is 0 Å². The number of carbonyl (C=O) groups is 1. The Hall–Kier alpha value is -0.660. The molecule has 0 aromatic heterocycles. The van der Waals surface area contributed by atoms with Gasteiger partial charge >= 0.3 is 6.18 Å². The average Bonchev–Trinajstić information content (AvgIpc) is 2.24. The minimum absolute atomic E-state index is 0.190. The molecule has 0 amide bonds. The minimum atomic E-state index is -4.36. The van der Waals surface area contributed by atoms with E-state index >= 15 is 0 Å². The predicted octanol–water partition coefficient (Wildman–Crippen LogP) is 1.27. The summed E-state index contributed by atoms with van der Waals surface area (Å²) in [5.74, 6) is -1.85. The molecule has 0 aromatic rings. The van der Waals surface area contributed by atoms with Gasteiger partial charge < -0.3 is 4.74 Å². The lowest BCUT2D eigenvalue weighted by Crippen LogP contribution is -2.66. The van der Waals surface area contributed by atoms with Crippen molar-refractivity contribution in [1.29, 1.82) is 0 Å². The monoisotopic (exact) mass is 268 g/mol. The molecule has 18 heavy (non-hydrogen) atoms. The Balaban J connectivity index is 2.76. The number of nitrogens with one attached hydrogen (secondary N) is 2. The van der Waals surface area contributed by atoms with E-state index in [1.54, 1.807) is 20.8 Å². The van der Waals surface area contributed by atoms with Crippen LogP contribution in [0.3, 0.4) is 0 Å². The fraction of sp³-hybridized carbons (Fsp3) is 0.909. The maximum atomic E-state index is 12.7. The molecular weight excluding hydrogens is 249 g/mol. The van der Waals surface area contributed by atoms with E-state index in [9.17, 15) is 18.0 Å². The van der Waals surface area contributed by atoms with Gasteiger partial charge in [-0.3, -0.25) is 15.4 Å². The van der Waals surface area contributed by atoms with Crippen LogP contribution in [-0.4, -0.2) is 38.0 Å². The number of ether oxygens (including phenoxy) is 1. The fourth-order valence-electron chi connectivity index (χ4n) is 1.81. The summed E-state index contributed by atoms with van der Waals surface area (Å²) in [6, 6.07) is 0. The summed E-state index contributed by atoms with van der Waals surface area (Å²) in [6.07, 6.45) is -6.38. The first-order chi connectivity index (χ1) is 8.07. The molecule has 0 aliphatic carbocycles. The maximum absolute atomic E-state index is 12.7. The van der Waals surface area contributed by atoms with Gasteiger partial charge in [0.05, 0.1) is 0 Å². The second-order valence-corrected chi connectivity index (χ2v) is 5.43. The van der Waals surface area contributed by atoms with Gasteiger partial charge in [-0.15, -0.1) is 0 Å².